The van der Waals surface area contributed by atoms with E-state index < -0.39 is 7.25 Å². The van der Waals surface area contributed by atoms with Gasteiger partial charge < -0.3 is 17.3 Å². The molecular weight excluding hydrogens is 293 g/mol. The second-order valence-corrected chi connectivity index (χ2v) is 5.20. The van der Waals surface area contributed by atoms with E-state index in [1.54, 1.807) is 0 Å². The minimum absolute atomic E-state index is 1.28. The van der Waals surface area contributed by atoms with Crippen LogP contribution in [0.15, 0.2) is 42.5 Å². The molecule has 0 unspecified atom stereocenters. The number of pyridine rings is 1. The molecule has 0 aliphatic rings. The van der Waals surface area contributed by atoms with Gasteiger partial charge in [0.15, 0.2) is 0 Å². The van der Waals surface area contributed by atoms with Crippen molar-refractivity contribution in [3.05, 3.63) is 53.6 Å². The number of aryl methyl sites for hydroxylation is 3. The molecule has 1 nitrogen and oxygen atoms in total. The van der Waals surface area contributed by atoms with E-state index in [9.17, 15) is 17.3 Å². The van der Waals surface area contributed by atoms with Crippen molar-refractivity contribution < 1.29 is 21.8 Å². The maximum absolute atomic E-state index is 9.75. The summed E-state index contributed by atoms with van der Waals surface area (Å²) >= 11 is 0. The number of halogens is 4. The van der Waals surface area contributed by atoms with E-state index in [1.165, 1.54) is 32.9 Å². The molecule has 3 aromatic rings. The number of fused-ring (bicyclic) bond motifs is 2. The monoisotopic (exact) mass is 309 g/mol. The van der Waals surface area contributed by atoms with Crippen molar-refractivity contribution in [1.82, 2.24) is 0 Å². The fourth-order valence-electron chi connectivity index (χ4n) is 2.50. The highest BCUT2D eigenvalue weighted by Gasteiger charge is 2.20. The van der Waals surface area contributed by atoms with Gasteiger partial charge in [0, 0.05) is 17.5 Å². The average Bonchev–Trinajstić information content (AvgIpc) is 2.42. The Balaban J connectivity index is 0.000000309. The Morgan fingerprint density at radius 1 is 0.864 bits per heavy atom. The number of benzene rings is 2. The van der Waals surface area contributed by atoms with Crippen LogP contribution in [0.3, 0.4) is 0 Å². The predicted octanol–water partition coefficient (Wildman–Crippen LogP) is 4.73. The van der Waals surface area contributed by atoms with Gasteiger partial charge in [-0.2, -0.15) is 4.57 Å². The van der Waals surface area contributed by atoms with Gasteiger partial charge in [0.2, 0.25) is 11.0 Å². The number of para-hydroxylation sites is 1. The smallest absolute Gasteiger partial charge is 0.418 e. The second kappa shape index (κ2) is 5.95. The molecule has 0 amide bonds. The predicted molar refractivity (Wildman–Crippen MR) is 82.3 cm³/mol. The Morgan fingerprint density at radius 3 is 2.09 bits per heavy atom. The molecule has 1 heterocycles. The highest BCUT2D eigenvalue weighted by atomic mass is 19.5. The van der Waals surface area contributed by atoms with Crippen molar-refractivity contribution in [2.45, 2.75) is 13.8 Å². The van der Waals surface area contributed by atoms with E-state index in [4.69, 9.17) is 0 Å². The van der Waals surface area contributed by atoms with E-state index in [0.29, 0.717) is 0 Å². The van der Waals surface area contributed by atoms with Crippen molar-refractivity contribution >= 4 is 29.1 Å². The molecule has 1 aromatic heterocycles. The molecule has 6 heteroatoms. The largest absolute Gasteiger partial charge is 0.673 e. The zero-order valence-electron chi connectivity index (χ0n) is 12.6. The molecule has 0 radical (unpaired) electrons. The number of hydrogen-bond donors (Lipinski definition) is 0. The molecule has 0 saturated heterocycles. The molecular formula is C16H16BF4N. The third kappa shape index (κ3) is 3.56. The van der Waals surface area contributed by atoms with Gasteiger partial charge in [0.05, 0.1) is 5.39 Å². The van der Waals surface area contributed by atoms with E-state index >= 15 is 0 Å². The summed E-state index contributed by atoms with van der Waals surface area (Å²) in [7, 11) is -3.86. The van der Waals surface area contributed by atoms with Crippen LogP contribution in [0.1, 0.15) is 11.1 Å². The topological polar surface area (TPSA) is 3.88 Å². The first-order chi connectivity index (χ1) is 10.2. The summed E-state index contributed by atoms with van der Waals surface area (Å²) in [5, 5.41) is 2.66. The normalized spacial score (nSPS) is 11.4. The highest BCUT2D eigenvalue weighted by molar-refractivity contribution is 6.50. The van der Waals surface area contributed by atoms with Gasteiger partial charge in [-0.1, -0.05) is 18.2 Å². The van der Waals surface area contributed by atoms with Crippen LogP contribution >= 0.6 is 0 Å². The van der Waals surface area contributed by atoms with Crippen molar-refractivity contribution in [3.63, 3.8) is 0 Å². The van der Waals surface area contributed by atoms with Crippen molar-refractivity contribution in [1.29, 1.82) is 0 Å². The molecule has 0 bridgehead atoms. The lowest BCUT2D eigenvalue weighted by molar-refractivity contribution is -0.617. The Bertz CT molecular complexity index is 822. The Hall–Kier alpha value is -2.11. The van der Waals surface area contributed by atoms with Crippen LogP contribution in [0.4, 0.5) is 17.3 Å². The van der Waals surface area contributed by atoms with Crippen LogP contribution < -0.4 is 4.57 Å². The summed E-state index contributed by atoms with van der Waals surface area (Å²) in [6.45, 7) is 4.37. The summed E-state index contributed by atoms with van der Waals surface area (Å²) in [5.41, 5.74) is 5.31. The van der Waals surface area contributed by atoms with Crippen LogP contribution in [-0.4, -0.2) is 7.25 Å². The quantitative estimate of drug-likeness (QED) is 0.244. The lowest BCUT2D eigenvalue weighted by atomic mass is 10.0. The Kier molecular flexibility index (Phi) is 4.40. The van der Waals surface area contributed by atoms with E-state index in [-0.39, 0.29) is 0 Å². The first-order valence-corrected chi connectivity index (χ1v) is 6.83. The van der Waals surface area contributed by atoms with Gasteiger partial charge in [0.1, 0.15) is 7.05 Å². The standard InChI is InChI=1S/C16H16N.BF4/c1-11-8-9-16-14(12(11)2)10-13-6-4-5-7-15(13)17(16)3;2-1(3,4)5/h4-10H,1-3H3;/q+1;-1. The summed E-state index contributed by atoms with van der Waals surface area (Å²) in [5.74, 6) is 0. The van der Waals surface area contributed by atoms with Crippen LogP contribution in [0, 0.1) is 13.8 Å². The Morgan fingerprint density at radius 2 is 1.45 bits per heavy atom. The zero-order valence-corrected chi connectivity index (χ0v) is 12.6. The van der Waals surface area contributed by atoms with Crippen LogP contribution in [0.5, 0.6) is 0 Å². The third-order valence-electron chi connectivity index (χ3n) is 3.72. The fraction of sp³-hybridized carbons (Fsp3) is 0.188. The van der Waals surface area contributed by atoms with Crippen molar-refractivity contribution in [3.8, 4) is 0 Å². The van der Waals surface area contributed by atoms with Crippen LogP contribution in [0.25, 0.3) is 21.8 Å². The van der Waals surface area contributed by atoms with Gasteiger partial charge >= 0.3 is 7.25 Å². The summed E-state index contributed by atoms with van der Waals surface area (Å²) in [6.07, 6.45) is 0. The SMILES string of the molecule is Cc1ccc2c(cc3ccccc3[n+]2C)c1C.F[B-](F)(F)F. The summed E-state index contributed by atoms with van der Waals surface area (Å²) in [4.78, 5) is 0. The number of rotatable bonds is 0. The van der Waals surface area contributed by atoms with Crippen molar-refractivity contribution in [2.24, 2.45) is 7.05 Å². The van der Waals surface area contributed by atoms with Gasteiger partial charge in [-0.15, -0.1) is 0 Å². The molecule has 3 rings (SSSR count). The maximum Gasteiger partial charge on any atom is 0.673 e. The molecule has 116 valence electrons. The van der Waals surface area contributed by atoms with Crippen molar-refractivity contribution in [2.75, 3.05) is 0 Å². The van der Waals surface area contributed by atoms with Gasteiger partial charge in [-0.05, 0) is 37.1 Å². The lowest BCUT2D eigenvalue weighted by Gasteiger charge is -2.06. The molecule has 0 fully saturated rings. The molecule has 2 aromatic carbocycles. The molecule has 0 aliphatic carbocycles. The fourth-order valence-corrected chi connectivity index (χ4v) is 2.50. The molecule has 0 spiro atoms. The zero-order chi connectivity index (χ0) is 16.5. The van der Waals surface area contributed by atoms with Gasteiger partial charge in [-0.25, -0.2) is 0 Å². The van der Waals surface area contributed by atoms with Gasteiger partial charge in [-0.3, -0.25) is 0 Å². The van der Waals surface area contributed by atoms with E-state index in [1.807, 2.05) is 0 Å². The molecule has 22 heavy (non-hydrogen) atoms. The maximum atomic E-state index is 9.75. The third-order valence-corrected chi connectivity index (χ3v) is 3.72. The summed E-state index contributed by atoms with van der Waals surface area (Å²) in [6, 6.07) is 15.2. The summed E-state index contributed by atoms with van der Waals surface area (Å²) < 4.78 is 41.3. The minimum atomic E-state index is -6.00. The van der Waals surface area contributed by atoms with Gasteiger partial charge in [0.25, 0.3) is 0 Å². The highest BCUT2D eigenvalue weighted by Crippen LogP contribution is 2.22. The molecule has 0 atom stereocenters. The Labute approximate surface area is 126 Å². The molecule has 0 aliphatic heterocycles. The average molecular weight is 309 g/mol. The minimum Gasteiger partial charge on any atom is -0.418 e. The molecule has 0 saturated carbocycles. The molecule has 0 N–H and O–H groups in total. The van der Waals surface area contributed by atoms with E-state index in [0.717, 1.165) is 0 Å². The number of nitrogens with zero attached hydrogens (tertiary/aromatic N) is 1. The lowest BCUT2D eigenvalue weighted by Crippen LogP contribution is -2.30. The first kappa shape index (κ1) is 16.3. The van der Waals surface area contributed by atoms with Crippen LogP contribution in [0.2, 0.25) is 0 Å². The number of aromatic nitrogens is 1. The van der Waals surface area contributed by atoms with E-state index in [2.05, 4.69) is 67.9 Å². The first-order valence-electron chi connectivity index (χ1n) is 6.83. The number of hydrogen-bond acceptors (Lipinski definition) is 0. The van der Waals surface area contributed by atoms with Crippen LogP contribution in [-0.2, 0) is 7.05 Å². The second-order valence-electron chi connectivity index (χ2n) is 5.20.